The quantitative estimate of drug-likeness (QED) is 0.515. The zero-order valence-corrected chi connectivity index (χ0v) is 15.5. The minimum absolute atomic E-state index is 0.256. The maximum atomic E-state index is 11.7. The normalized spacial score (nSPS) is 26.0. The highest BCUT2D eigenvalue weighted by atomic mass is 32.2. The Kier molecular flexibility index (Phi) is 5.61. The summed E-state index contributed by atoms with van der Waals surface area (Å²) in [5, 5.41) is 6.73. The van der Waals surface area contributed by atoms with Gasteiger partial charge < -0.3 is 15.4 Å². The SMILES string of the molecule is CCNC(=NCc1ccc(S(=O)(=O)NC)cc1)NC1CC2CCC1O2. The first-order chi connectivity index (χ1) is 12.0. The van der Waals surface area contributed by atoms with Crippen molar-refractivity contribution in [1.29, 1.82) is 0 Å². The van der Waals surface area contributed by atoms with Crippen molar-refractivity contribution in [1.82, 2.24) is 15.4 Å². The molecule has 1 aromatic rings. The molecule has 2 aliphatic rings. The first-order valence-electron chi connectivity index (χ1n) is 8.74. The van der Waals surface area contributed by atoms with Crippen LogP contribution in [0.15, 0.2) is 34.2 Å². The molecule has 0 amide bonds. The van der Waals surface area contributed by atoms with Crippen LogP contribution in [0.1, 0.15) is 31.7 Å². The van der Waals surface area contributed by atoms with Crippen molar-refractivity contribution in [2.45, 2.75) is 55.9 Å². The van der Waals surface area contributed by atoms with Gasteiger partial charge in [-0.25, -0.2) is 18.1 Å². The molecule has 2 saturated heterocycles. The molecule has 3 atom stereocenters. The van der Waals surface area contributed by atoms with Gasteiger partial charge >= 0.3 is 0 Å². The van der Waals surface area contributed by atoms with Gasteiger partial charge in [0.25, 0.3) is 0 Å². The van der Waals surface area contributed by atoms with E-state index in [-0.39, 0.29) is 4.90 Å². The van der Waals surface area contributed by atoms with E-state index in [4.69, 9.17) is 4.74 Å². The van der Waals surface area contributed by atoms with Gasteiger partial charge in [-0.15, -0.1) is 0 Å². The molecule has 25 heavy (non-hydrogen) atoms. The van der Waals surface area contributed by atoms with Gasteiger partial charge in [0.15, 0.2) is 5.96 Å². The minimum atomic E-state index is -3.40. The van der Waals surface area contributed by atoms with Crippen molar-refractivity contribution < 1.29 is 13.2 Å². The predicted molar refractivity (Wildman–Crippen MR) is 96.9 cm³/mol. The average molecular weight is 366 g/mol. The lowest BCUT2D eigenvalue weighted by atomic mass is 9.96. The number of hydrogen-bond acceptors (Lipinski definition) is 4. The molecule has 2 heterocycles. The van der Waals surface area contributed by atoms with Crippen LogP contribution in [-0.4, -0.2) is 46.2 Å². The Morgan fingerprint density at radius 1 is 1.28 bits per heavy atom. The molecule has 2 fully saturated rings. The number of nitrogens with zero attached hydrogens (tertiary/aromatic N) is 1. The first-order valence-corrected chi connectivity index (χ1v) is 10.2. The minimum Gasteiger partial charge on any atom is -0.373 e. The second kappa shape index (κ2) is 7.72. The van der Waals surface area contributed by atoms with Crippen molar-refractivity contribution in [2.75, 3.05) is 13.6 Å². The van der Waals surface area contributed by atoms with Crippen LogP contribution in [0.5, 0.6) is 0 Å². The Morgan fingerprint density at radius 3 is 2.60 bits per heavy atom. The van der Waals surface area contributed by atoms with E-state index in [0.717, 1.165) is 30.9 Å². The molecule has 3 unspecified atom stereocenters. The molecule has 0 radical (unpaired) electrons. The van der Waals surface area contributed by atoms with Crippen LogP contribution >= 0.6 is 0 Å². The largest absolute Gasteiger partial charge is 0.373 e. The molecule has 2 aliphatic heterocycles. The lowest BCUT2D eigenvalue weighted by molar-refractivity contribution is 0.0992. The van der Waals surface area contributed by atoms with Gasteiger partial charge in [-0.05, 0) is 50.9 Å². The fourth-order valence-corrected chi connectivity index (χ4v) is 4.08. The molecule has 3 rings (SSSR count). The highest BCUT2D eigenvalue weighted by Crippen LogP contribution is 2.34. The smallest absolute Gasteiger partial charge is 0.240 e. The standard InChI is InChI=1S/C17H26N4O3S/c1-3-19-17(21-15-10-13-6-9-16(15)24-13)20-11-12-4-7-14(8-5-12)25(22,23)18-2/h4-5,7-8,13,15-16,18H,3,6,9-11H2,1-2H3,(H2,19,20,21). The molecule has 0 aromatic heterocycles. The summed E-state index contributed by atoms with van der Waals surface area (Å²) in [6.45, 7) is 3.30. The molecular weight excluding hydrogens is 340 g/mol. The van der Waals surface area contributed by atoms with Crippen molar-refractivity contribution in [2.24, 2.45) is 4.99 Å². The Morgan fingerprint density at radius 2 is 2.04 bits per heavy atom. The van der Waals surface area contributed by atoms with E-state index in [1.54, 1.807) is 24.3 Å². The fraction of sp³-hybridized carbons (Fsp3) is 0.588. The van der Waals surface area contributed by atoms with Crippen molar-refractivity contribution in [3.8, 4) is 0 Å². The van der Waals surface area contributed by atoms with E-state index < -0.39 is 10.0 Å². The first kappa shape index (κ1) is 18.2. The number of benzene rings is 1. The fourth-order valence-electron chi connectivity index (χ4n) is 3.35. The third-order valence-electron chi connectivity index (χ3n) is 4.69. The second-order valence-corrected chi connectivity index (χ2v) is 8.29. The zero-order valence-electron chi connectivity index (χ0n) is 14.7. The number of hydrogen-bond donors (Lipinski definition) is 3. The maximum absolute atomic E-state index is 11.7. The summed E-state index contributed by atoms with van der Waals surface area (Å²) < 4.78 is 31.7. The summed E-state index contributed by atoms with van der Waals surface area (Å²) in [6.07, 6.45) is 4.00. The lowest BCUT2D eigenvalue weighted by Crippen LogP contribution is -2.47. The number of guanidine groups is 1. The number of nitrogens with one attached hydrogen (secondary N) is 3. The maximum Gasteiger partial charge on any atom is 0.240 e. The summed E-state index contributed by atoms with van der Waals surface area (Å²) in [5.41, 5.74) is 0.955. The van der Waals surface area contributed by atoms with Crippen LogP contribution in [0.2, 0.25) is 0 Å². The summed E-state index contributed by atoms with van der Waals surface area (Å²) in [7, 11) is -2.00. The number of fused-ring (bicyclic) bond motifs is 2. The molecule has 3 N–H and O–H groups in total. The Hall–Kier alpha value is -1.64. The van der Waals surface area contributed by atoms with Crippen LogP contribution in [0, 0.1) is 0 Å². The summed E-state index contributed by atoms with van der Waals surface area (Å²) in [4.78, 5) is 4.87. The van der Waals surface area contributed by atoms with E-state index in [0.29, 0.717) is 24.8 Å². The number of sulfonamides is 1. The molecule has 1 aromatic carbocycles. The highest BCUT2D eigenvalue weighted by molar-refractivity contribution is 7.89. The Bertz CT molecular complexity index is 718. The number of ether oxygens (including phenoxy) is 1. The molecular formula is C17H26N4O3S. The van der Waals surface area contributed by atoms with E-state index in [2.05, 4.69) is 20.3 Å². The van der Waals surface area contributed by atoms with Crippen LogP contribution in [0.25, 0.3) is 0 Å². The third kappa shape index (κ3) is 4.31. The van der Waals surface area contributed by atoms with Gasteiger partial charge in [-0.2, -0.15) is 0 Å². The molecule has 0 saturated carbocycles. The topological polar surface area (TPSA) is 91.8 Å². The Labute approximate surface area is 149 Å². The van der Waals surface area contributed by atoms with E-state index in [1.807, 2.05) is 6.92 Å². The molecule has 7 nitrogen and oxygen atoms in total. The van der Waals surface area contributed by atoms with Crippen molar-refractivity contribution >= 4 is 16.0 Å². The van der Waals surface area contributed by atoms with E-state index >= 15 is 0 Å². The van der Waals surface area contributed by atoms with Crippen LogP contribution in [0.3, 0.4) is 0 Å². The summed E-state index contributed by atoms with van der Waals surface area (Å²) in [5.74, 6) is 0.774. The van der Waals surface area contributed by atoms with Crippen LogP contribution < -0.4 is 15.4 Å². The molecule has 8 heteroatoms. The monoisotopic (exact) mass is 366 g/mol. The van der Waals surface area contributed by atoms with E-state index in [1.165, 1.54) is 13.5 Å². The van der Waals surface area contributed by atoms with Gasteiger partial charge in [0.2, 0.25) is 10.0 Å². The van der Waals surface area contributed by atoms with Gasteiger partial charge in [0.05, 0.1) is 29.7 Å². The van der Waals surface area contributed by atoms with Crippen LogP contribution in [-0.2, 0) is 21.3 Å². The molecule has 2 bridgehead atoms. The molecule has 0 aliphatic carbocycles. The van der Waals surface area contributed by atoms with Gasteiger partial charge in [-0.1, -0.05) is 12.1 Å². The van der Waals surface area contributed by atoms with E-state index in [9.17, 15) is 8.42 Å². The highest BCUT2D eigenvalue weighted by Gasteiger charge is 2.41. The molecule has 0 spiro atoms. The summed E-state index contributed by atoms with van der Waals surface area (Å²) >= 11 is 0. The second-order valence-electron chi connectivity index (χ2n) is 6.41. The van der Waals surface area contributed by atoms with Gasteiger partial charge in [-0.3, -0.25) is 0 Å². The van der Waals surface area contributed by atoms with Crippen molar-refractivity contribution in [3.63, 3.8) is 0 Å². The van der Waals surface area contributed by atoms with Gasteiger partial charge in [0.1, 0.15) is 0 Å². The Balaban J connectivity index is 1.63. The average Bonchev–Trinajstić information content (AvgIpc) is 3.23. The van der Waals surface area contributed by atoms with Crippen molar-refractivity contribution in [3.05, 3.63) is 29.8 Å². The summed E-state index contributed by atoms with van der Waals surface area (Å²) in [6, 6.07) is 7.09. The van der Waals surface area contributed by atoms with Crippen LogP contribution in [0.4, 0.5) is 0 Å². The number of aliphatic imine (C=N–C) groups is 1. The predicted octanol–water partition coefficient (Wildman–Crippen LogP) is 0.970. The molecule has 138 valence electrons. The number of rotatable bonds is 6. The van der Waals surface area contributed by atoms with Gasteiger partial charge in [0, 0.05) is 6.54 Å². The zero-order chi connectivity index (χ0) is 17.9. The third-order valence-corrected chi connectivity index (χ3v) is 6.12. The lowest BCUT2D eigenvalue weighted by Gasteiger charge is -2.22.